The molecule has 102 valence electrons. The zero-order valence-corrected chi connectivity index (χ0v) is 11.0. The van der Waals surface area contributed by atoms with Crippen LogP contribution in [0.5, 0.6) is 5.75 Å². The number of benzene rings is 1. The zero-order valence-electron chi connectivity index (χ0n) is 11.0. The predicted molar refractivity (Wildman–Crippen MR) is 72.8 cm³/mol. The van der Waals surface area contributed by atoms with Crippen LogP contribution in [0.3, 0.4) is 0 Å². The van der Waals surface area contributed by atoms with Crippen molar-refractivity contribution in [2.24, 2.45) is 11.7 Å². The van der Waals surface area contributed by atoms with E-state index >= 15 is 0 Å². The molecule has 1 saturated carbocycles. The van der Waals surface area contributed by atoms with Gasteiger partial charge in [-0.2, -0.15) is 0 Å². The van der Waals surface area contributed by atoms with E-state index in [2.05, 4.69) is 5.32 Å². The van der Waals surface area contributed by atoms with Gasteiger partial charge in [0.15, 0.2) is 0 Å². The highest BCUT2D eigenvalue weighted by Gasteiger charge is 2.30. The molecule has 4 nitrogen and oxygen atoms in total. The summed E-state index contributed by atoms with van der Waals surface area (Å²) in [5.41, 5.74) is 6.96. The molecule has 4 heteroatoms. The fourth-order valence-electron chi connectivity index (χ4n) is 3.04. The fourth-order valence-corrected chi connectivity index (χ4v) is 3.04. The first-order valence-electron chi connectivity index (χ1n) is 7.01. The number of hydrogen-bond acceptors (Lipinski definition) is 3. The Kier molecular flexibility index (Phi) is 3.42. The molecule has 0 radical (unpaired) electrons. The van der Waals surface area contributed by atoms with E-state index in [0.717, 1.165) is 37.0 Å². The lowest BCUT2D eigenvalue weighted by Gasteiger charge is -2.27. The fraction of sp³-hybridized carbons (Fsp3) is 0.533. The van der Waals surface area contributed by atoms with Gasteiger partial charge in [0.05, 0.1) is 12.6 Å². The van der Waals surface area contributed by atoms with Crippen molar-refractivity contribution in [1.29, 1.82) is 0 Å². The van der Waals surface area contributed by atoms with E-state index in [1.54, 1.807) is 0 Å². The van der Waals surface area contributed by atoms with Gasteiger partial charge in [-0.25, -0.2) is 0 Å². The molecule has 1 aliphatic heterocycles. The van der Waals surface area contributed by atoms with Crippen molar-refractivity contribution in [3.63, 3.8) is 0 Å². The van der Waals surface area contributed by atoms with E-state index in [1.165, 1.54) is 0 Å². The van der Waals surface area contributed by atoms with E-state index in [1.807, 2.05) is 24.3 Å². The average Bonchev–Trinajstić information content (AvgIpc) is 2.86. The average molecular weight is 260 g/mol. The normalized spacial score (nSPS) is 29.4. The maximum absolute atomic E-state index is 12.3. The van der Waals surface area contributed by atoms with Crippen molar-refractivity contribution >= 4 is 5.91 Å². The maximum Gasteiger partial charge on any atom is 0.223 e. The number of hydrogen-bond donors (Lipinski definition) is 2. The number of carbonyl (C=O) groups is 1. The molecule has 1 aromatic carbocycles. The first-order valence-corrected chi connectivity index (χ1v) is 7.01. The molecule has 0 saturated heterocycles. The third-order valence-electron chi connectivity index (χ3n) is 4.12. The molecule has 1 amide bonds. The van der Waals surface area contributed by atoms with Crippen LogP contribution in [0.1, 0.15) is 37.3 Å². The van der Waals surface area contributed by atoms with E-state index < -0.39 is 0 Å². The minimum absolute atomic E-state index is 0.0780. The Hall–Kier alpha value is -1.55. The van der Waals surface area contributed by atoms with Gasteiger partial charge in [-0.15, -0.1) is 0 Å². The Balaban J connectivity index is 1.69. The van der Waals surface area contributed by atoms with Crippen LogP contribution in [-0.2, 0) is 4.79 Å². The SMILES string of the molecule is NC1CCC(C(=O)NC2CCOc3ccccc32)C1. The molecule has 3 N–H and O–H groups in total. The van der Waals surface area contributed by atoms with Crippen molar-refractivity contribution in [3.8, 4) is 5.75 Å². The van der Waals surface area contributed by atoms with Crippen molar-refractivity contribution in [1.82, 2.24) is 5.32 Å². The van der Waals surface area contributed by atoms with Crippen LogP contribution in [0.15, 0.2) is 24.3 Å². The number of carbonyl (C=O) groups excluding carboxylic acids is 1. The molecule has 1 aliphatic carbocycles. The number of ether oxygens (including phenoxy) is 1. The third kappa shape index (κ3) is 2.59. The molecular formula is C15H20N2O2. The molecule has 2 aliphatic rings. The maximum atomic E-state index is 12.3. The minimum atomic E-state index is 0.0780. The monoisotopic (exact) mass is 260 g/mol. The molecule has 3 unspecified atom stereocenters. The Bertz CT molecular complexity index is 475. The Morgan fingerprint density at radius 1 is 1.26 bits per heavy atom. The molecular weight excluding hydrogens is 240 g/mol. The summed E-state index contributed by atoms with van der Waals surface area (Å²) in [5.74, 6) is 1.13. The lowest BCUT2D eigenvalue weighted by molar-refractivity contribution is -0.125. The van der Waals surface area contributed by atoms with Crippen LogP contribution in [0.2, 0.25) is 0 Å². The smallest absolute Gasteiger partial charge is 0.223 e. The van der Waals surface area contributed by atoms with Gasteiger partial charge < -0.3 is 15.8 Å². The third-order valence-corrected chi connectivity index (χ3v) is 4.12. The van der Waals surface area contributed by atoms with Crippen molar-refractivity contribution in [2.45, 2.75) is 37.8 Å². The number of amides is 1. The topological polar surface area (TPSA) is 64.4 Å². The summed E-state index contributed by atoms with van der Waals surface area (Å²) in [6.45, 7) is 0.659. The van der Waals surface area contributed by atoms with Crippen LogP contribution in [0.4, 0.5) is 0 Å². The highest BCUT2D eigenvalue weighted by molar-refractivity contribution is 5.79. The highest BCUT2D eigenvalue weighted by atomic mass is 16.5. The molecule has 0 aromatic heterocycles. The van der Waals surface area contributed by atoms with Gasteiger partial charge in [0.2, 0.25) is 5.91 Å². The number of para-hydroxylation sites is 1. The van der Waals surface area contributed by atoms with Crippen molar-refractivity contribution in [3.05, 3.63) is 29.8 Å². The first kappa shape index (κ1) is 12.5. The molecule has 3 atom stereocenters. The predicted octanol–water partition coefficient (Wildman–Crippen LogP) is 1.75. The molecule has 3 rings (SSSR count). The highest BCUT2D eigenvalue weighted by Crippen LogP contribution is 2.32. The Morgan fingerprint density at radius 3 is 2.89 bits per heavy atom. The number of nitrogens with two attached hydrogens (primary N) is 1. The summed E-state index contributed by atoms with van der Waals surface area (Å²) in [6.07, 6.45) is 3.53. The standard InChI is InChI=1S/C15H20N2O2/c16-11-6-5-10(9-11)15(18)17-13-7-8-19-14-4-2-1-3-12(13)14/h1-4,10-11,13H,5-9,16H2,(H,17,18). The quantitative estimate of drug-likeness (QED) is 0.851. The number of rotatable bonds is 2. The number of nitrogens with one attached hydrogen (secondary N) is 1. The second-order valence-electron chi connectivity index (χ2n) is 5.51. The van der Waals surface area contributed by atoms with E-state index in [9.17, 15) is 4.79 Å². The van der Waals surface area contributed by atoms with Crippen LogP contribution < -0.4 is 15.8 Å². The molecule has 1 aromatic rings. The van der Waals surface area contributed by atoms with E-state index in [0.29, 0.717) is 6.61 Å². The summed E-state index contributed by atoms with van der Waals surface area (Å²) in [4.78, 5) is 12.3. The van der Waals surface area contributed by atoms with Gasteiger partial charge in [-0.3, -0.25) is 4.79 Å². The molecule has 1 fully saturated rings. The van der Waals surface area contributed by atoms with Crippen LogP contribution in [0, 0.1) is 5.92 Å². The van der Waals surface area contributed by atoms with Crippen molar-refractivity contribution < 1.29 is 9.53 Å². The van der Waals surface area contributed by atoms with Crippen molar-refractivity contribution in [2.75, 3.05) is 6.61 Å². The Morgan fingerprint density at radius 2 is 2.11 bits per heavy atom. The van der Waals surface area contributed by atoms with E-state index in [4.69, 9.17) is 10.5 Å². The lowest BCUT2D eigenvalue weighted by atomic mass is 9.99. The summed E-state index contributed by atoms with van der Waals surface area (Å²) in [7, 11) is 0. The van der Waals surface area contributed by atoms with Gasteiger partial charge >= 0.3 is 0 Å². The summed E-state index contributed by atoms with van der Waals surface area (Å²) < 4.78 is 5.61. The second kappa shape index (κ2) is 5.21. The molecule has 19 heavy (non-hydrogen) atoms. The van der Waals surface area contributed by atoms with Gasteiger partial charge in [0, 0.05) is 23.9 Å². The van der Waals surface area contributed by atoms with Crippen LogP contribution in [-0.4, -0.2) is 18.6 Å². The Labute approximate surface area is 113 Å². The molecule has 0 spiro atoms. The summed E-state index contributed by atoms with van der Waals surface area (Å²) >= 11 is 0. The summed E-state index contributed by atoms with van der Waals surface area (Å²) in [5, 5.41) is 3.16. The lowest BCUT2D eigenvalue weighted by Crippen LogP contribution is -2.36. The van der Waals surface area contributed by atoms with Gasteiger partial charge in [0.25, 0.3) is 0 Å². The first-order chi connectivity index (χ1) is 9.24. The van der Waals surface area contributed by atoms with Gasteiger partial charge in [-0.05, 0) is 25.3 Å². The zero-order chi connectivity index (χ0) is 13.2. The molecule has 1 heterocycles. The van der Waals surface area contributed by atoms with E-state index in [-0.39, 0.29) is 23.9 Å². The van der Waals surface area contributed by atoms with Gasteiger partial charge in [0.1, 0.15) is 5.75 Å². The van der Waals surface area contributed by atoms with Crippen LogP contribution in [0.25, 0.3) is 0 Å². The largest absolute Gasteiger partial charge is 0.493 e. The number of fused-ring (bicyclic) bond motifs is 1. The van der Waals surface area contributed by atoms with Crippen LogP contribution >= 0.6 is 0 Å². The minimum Gasteiger partial charge on any atom is -0.493 e. The summed E-state index contributed by atoms with van der Waals surface area (Å²) in [6, 6.07) is 8.20. The molecule has 0 bridgehead atoms. The second-order valence-corrected chi connectivity index (χ2v) is 5.51. The van der Waals surface area contributed by atoms with Gasteiger partial charge in [-0.1, -0.05) is 18.2 Å².